The van der Waals surface area contributed by atoms with Crippen LogP contribution >= 0.6 is 0 Å². The van der Waals surface area contributed by atoms with Crippen LogP contribution in [0, 0.1) is 12.8 Å². The normalized spacial score (nSPS) is 15.2. The highest BCUT2D eigenvalue weighted by atomic mass is 16.4. The predicted octanol–water partition coefficient (Wildman–Crippen LogP) is 2.50. The summed E-state index contributed by atoms with van der Waals surface area (Å²) < 4.78 is 5.82. The van der Waals surface area contributed by atoms with Crippen molar-refractivity contribution in [3.63, 3.8) is 0 Å². The highest BCUT2D eigenvalue weighted by molar-refractivity contribution is 5.79. The number of aryl methyl sites for hydroxylation is 1. The van der Waals surface area contributed by atoms with E-state index in [-0.39, 0.29) is 11.8 Å². The summed E-state index contributed by atoms with van der Waals surface area (Å²) in [5.41, 5.74) is 3.44. The first-order chi connectivity index (χ1) is 13.2. The van der Waals surface area contributed by atoms with Crippen LogP contribution in [0.2, 0.25) is 0 Å². The third-order valence-electron chi connectivity index (χ3n) is 4.98. The quantitative estimate of drug-likeness (QED) is 0.748. The minimum absolute atomic E-state index is 0.0448. The number of fused-ring (bicyclic) bond motifs is 1. The van der Waals surface area contributed by atoms with Gasteiger partial charge in [-0.2, -0.15) is 4.98 Å². The Kier molecular flexibility index (Phi) is 5.00. The van der Waals surface area contributed by atoms with E-state index in [2.05, 4.69) is 25.2 Å². The number of oxazole rings is 1. The molecule has 140 valence electrons. The molecular formula is C20H23N5O2. The fourth-order valence-electron chi connectivity index (χ4n) is 3.39. The SMILES string of the molecule is Cc1ccc2oc(N3CCC(C(=O)NCCc4ccncc4)CC3)nc2n1. The van der Waals surface area contributed by atoms with Gasteiger partial charge >= 0.3 is 0 Å². The summed E-state index contributed by atoms with van der Waals surface area (Å²) in [7, 11) is 0. The molecule has 7 heteroatoms. The maximum Gasteiger partial charge on any atom is 0.299 e. The minimum atomic E-state index is 0.0448. The smallest absolute Gasteiger partial charge is 0.299 e. The van der Waals surface area contributed by atoms with Gasteiger partial charge < -0.3 is 14.6 Å². The largest absolute Gasteiger partial charge is 0.422 e. The molecule has 0 aliphatic carbocycles. The molecule has 0 radical (unpaired) electrons. The van der Waals surface area contributed by atoms with Crippen molar-refractivity contribution in [1.29, 1.82) is 0 Å². The molecule has 0 aromatic carbocycles. The molecule has 0 atom stereocenters. The van der Waals surface area contributed by atoms with Crippen LogP contribution in [0.4, 0.5) is 6.01 Å². The number of piperidine rings is 1. The Morgan fingerprint density at radius 3 is 2.74 bits per heavy atom. The van der Waals surface area contributed by atoms with Crippen molar-refractivity contribution in [2.45, 2.75) is 26.2 Å². The van der Waals surface area contributed by atoms with E-state index < -0.39 is 0 Å². The number of carbonyl (C=O) groups excluding carboxylic acids is 1. The molecule has 0 saturated carbocycles. The summed E-state index contributed by atoms with van der Waals surface area (Å²) in [4.78, 5) is 27.4. The number of amides is 1. The Bertz CT molecular complexity index is 917. The first-order valence-electron chi connectivity index (χ1n) is 9.35. The van der Waals surface area contributed by atoms with Gasteiger partial charge in [-0.25, -0.2) is 4.98 Å². The summed E-state index contributed by atoms with van der Waals surface area (Å²) in [6, 6.07) is 8.36. The summed E-state index contributed by atoms with van der Waals surface area (Å²) in [5.74, 6) is 0.182. The standard InChI is InChI=1S/C20H23N5O2/c1-14-2-3-17-18(23-14)24-20(27-17)25-12-7-16(8-13-25)19(26)22-11-6-15-4-9-21-10-5-15/h2-5,9-10,16H,6-8,11-13H2,1H3,(H,22,26). The second-order valence-electron chi connectivity index (χ2n) is 6.93. The van der Waals surface area contributed by atoms with Crippen LogP contribution in [0.1, 0.15) is 24.1 Å². The second kappa shape index (κ2) is 7.73. The van der Waals surface area contributed by atoms with Gasteiger partial charge in [0.1, 0.15) is 0 Å². The summed E-state index contributed by atoms with van der Waals surface area (Å²) in [6.45, 7) is 4.11. The number of hydrogen-bond donors (Lipinski definition) is 1. The Morgan fingerprint density at radius 2 is 1.96 bits per heavy atom. The molecule has 1 saturated heterocycles. The van der Waals surface area contributed by atoms with Crippen molar-refractivity contribution in [2.24, 2.45) is 5.92 Å². The van der Waals surface area contributed by atoms with Gasteiger partial charge in [-0.1, -0.05) is 0 Å². The highest BCUT2D eigenvalue weighted by Crippen LogP contribution is 2.26. The summed E-state index contributed by atoms with van der Waals surface area (Å²) in [6.07, 6.45) is 5.96. The van der Waals surface area contributed by atoms with Crippen molar-refractivity contribution in [3.8, 4) is 0 Å². The maximum atomic E-state index is 12.4. The molecule has 7 nitrogen and oxygen atoms in total. The van der Waals surface area contributed by atoms with Crippen molar-refractivity contribution < 1.29 is 9.21 Å². The highest BCUT2D eigenvalue weighted by Gasteiger charge is 2.27. The number of anilines is 1. The number of nitrogens with one attached hydrogen (secondary N) is 1. The number of carbonyl (C=O) groups is 1. The zero-order valence-corrected chi connectivity index (χ0v) is 15.4. The number of nitrogens with zero attached hydrogens (tertiary/aromatic N) is 4. The number of hydrogen-bond acceptors (Lipinski definition) is 6. The van der Waals surface area contributed by atoms with E-state index in [4.69, 9.17) is 4.42 Å². The van der Waals surface area contributed by atoms with E-state index in [0.717, 1.165) is 38.0 Å². The Morgan fingerprint density at radius 1 is 1.19 bits per heavy atom. The molecule has 1 aliphatic heterocycles. The fraction of sp³-hybridized carbons (Fsp3) is 0.400. The number of pyridine rings is 2. The van der Waals surface area contributed by atoms with Crippen LogP contribution in [0.15, 0.2) is 41.1 Å². The number of aromatic nitrogens is 3. The van der Waals surface area contributed by atoms with Gasteiger partial charge in [0.15, 0.2) is 5.58 Å². The van der Waals surface area contributed by atoms with Crippen LogP contribution < -0.4 is 10.2 Å². The minimum Gasteiger partial charge on any atom is -0.422 e. The van der Waals surface area contributed by atoms with Gasteiger partial charge in [-0.05, 0) is 56.0 Å². The molecule has 1 aliphatic rings. The molecule has 4 heterocycles. The van der Waals surface area contributed by atoms with Crippen LogP contribution in [-0.2, 0) is 11.2 Å². The average Bonchev–Trinajstić information content (AvgIpc) is 3.12. The average molecular weight is 365 g/mol. The Labute approximate surface area is 157 Å². The van der Waals surface area contributed by atoms with Crippen molar-refractivity contribution in [3.05, 3.63) is 47.9 Å². The van der Waals surface area contributed by atoms with E-state index in [9.17, 15) is 4.79 Å². The summed E-state index contributed by atoms with van der Waals surface area (Å²) in [5, 5.41) is 3.06. The van der Waals surface area contributed by atoms with E-state index in [1.54, 1.807) is 12.4 Å². The third kappa shape index (κ3) is 4.07. The molecule has 4 rings (SSSR count). The lowest BCUT2D eigenvalue weighted by molar-refractivity contribution is -0.125. The van der Waals surface area contributed by atoms with E-state index in [0.29, 0.717) is 23.8 Å². The molecule has 0 spiro atoms. The first kappa shape index (κ1) is 17.5. The van der Waals surface area contributed by atoms with Gasteiger partial charge in [0, 0.05) is 43.6 Å². The van der Waals surface area contributed by atoms with E-state index in [1.807, 2.05) is 31.2 Å². The van der Waals surface area contributed by atoms with Gasteiger partial charge in [0.25, 0.3) is 6.01 Å². The molecule has 0 unspecified atom stereocenters. The third-order valence-corrected chi connectivity index (χ3v) is 4.98. The number of rotatable bonds is 5. The molecule has 1 amide bonds. The predicted molar refractivity (Wildman–Crippen MR) is 102 cm³/mol. The van der Waals surface area contributed by atoms with Gasteiger partial charge in [0.2, 0.25) is 11.6 Å². The molecule has 3 aromatic heterocycles. The van der Waals surface area contributed by atoms with Gasteiger partial charge in [-0.15, -0.1) is 0 Å². The van der Waals surface area contributed by atoms with Crippen molar-refractivity contribution in [2.75, 3.05) is 24.5 Å². The topological polar surface area (TPSA) is 84.2 Å². The lowest BCUT2D eigenvalue weighted by Gasteiger charge is -2.30. The van der Waals surface area contributed by atoms with Crippen LogP contribution in [-0.4, -0.2) is 40.5 Å². The van der Waals surface area contributed by atoms with Gasteiger partial charge in [0.05, 0.1) is 0 Å². The Hall–Kier alpha value is -2.96. The molecule has 1 fully saturated rings. The lowest BCUT2D eigenvalue weighted by Crippen LogP contribution is -2.41. The zero-order chi connectivity index (χ0) is 18.6. The lowest BCUT2D eigenvalue weighted by atomic mass is 9.96. The molecule has 27 heavy (non-hydrogen) atoms. The summed E-state index contributed by atoms with van der Waals surface area (Å²) >= 11 is 0. The van der Waals surface area contributed by atoms with Crippen LogP contribution in [0.3, 0.4) is 0 Å². The zero-order valence-electron chi connectivity index (χ0n) is 15.4. The van der Waals surface area contributed by atoms with Crippen molar-refractivity contribution in [1.82, 2.24) is 20.3 Å². The molecular weight excluding hydrogens is 342 g/mol. The molecule has 0 bridgehead atoms. The van der Waals surface area contributed by atoms with Gasteiger partial charge in [-0.3, -0.25) is 9.78 Å². The monoisotopic (exact) mass is 365 g/mol. The van der Waals surface area contributed by atoms with E-state index in [1.165, 1.54) is 5.56 Å². The van der Waals surface area contributed by atoms with Crippen LogP contribution in [0.5, 0.6) is 0 Å². The van der Waals surface area contributed by atoms with Crippen molar-refractivity contribution >= 4 is 23.2 Å². The molecule has 3 aromatic rings. The first-order valence-corrected chi connectivity index (χ1v) is 9.35. The second-order valence-corrected chi connectivity index (χ2v) is 6.93. The molecule has 1 N–H and O–H groups in total. The van der Waals surface area contributed by atoms with Crippen LogP contribution in [0.25, 0.3) is 11.2 Å². The maximum absolute atomic E-state index is 12.4. The van der Waals surface area contributed by atoms with E-state index >= 15 is 0 Å². The Balaban J connectivity index is 1.28. The fourth-order valence-corrected chi connectivity index (χ4v) is 3.39.